The number of nitrogens with one attached hydrogen (secondary N) is 1. The van der Waals surface area contributed by atoms with Crippen molar-refractivity contribution in [1.82, 2.24) is 20.1 Å². The molecule has 0 radical (unpaired) electrons. The van der Waals surface area contributed by atoms with Gasteiger partial charge in [0.25, 0.3) is 0 Å². The Hall–Kier alpha value is -1.57. The molecular weight excluding hydrogens is 300 g/mol. The van der Waals surface area contributed by atoms with Crippen molar-refractivity contribution in [3.05, 3.63) is 24.3 Å². The van der Waals surface area contributed by atoms with E-state index in [9.17, 15) is 0 Å². The summed E-state index contributed by atoms with van der Waals surface area (Å²) in [5, 5.41) is 8.05. The second kappa shape index (κ2) is 7.62. The zero-order valence-electron chi connectivity index (χ0n) is 12.6. The van der Waals surface area contributed by atoms with Crippen LogP contribution >= 0.6 is 11.8 Å². The van der Waals surface area contributed by atoms with E-state index in [4.69, 9.17) is 9.47 Å². The van der Waals surface area contributed by atoms with Crippen molar-refractivity contribution in [2.75, 3.05) is 45.7 Å². The molecule has 1 saturated heterocycles. The molecule has 1 aromatic carbocycles. The molecule has 118 valence electrons. The molecule has 22 heavy (non-hydrogen) atoms. The lowest BCUT2D eigenvalue weighted by molar-refractivity contribution is 0.0410. The lowest BCUT2D eigenvalue weighted by Crippen LogP contribution is -2.37. The van der Waals surface area contributed by atoms with Crippen LogP contribution in [-0.2, 0) is 4.74 Å². The molecule has 0 amide bonds. The number of nitrogens with zero attached hydrogens (tertiary/aromatic N) is 3. The topological polar surface area (TPSA) is 63.3 Å². The van der Waals surface area contributed by atoms with Crippen LogP contribution in [0.15, 0.2) is 29.4 Å². The molecule has 0 saturated carbocycles. The average Bonchev–Trinajstić information content (AvgIpc) is 3.05. The van der Waals surface area contributed by atoms with E-state index in [0.717, 1.165) is 60.9 Å². The first kappa shape index (κ1) is 15.3. The Kier molecular flexibility index (Phi) is 5.31. The maximum absolute atomic E-state index is 5.35. The minimum atomic E-state index is 0.788. The van der Waals surface area contributed by atoms with E-state index < -0.39 is 0 Å². The van der Waals surface area contributed by atoms with E-state index in [0.29, 0.717) is 0 Å². The molecule has 2 heterocycles. The molecule has 0 aliphatic carbocycles. The Morgan fingerprint density at radius 1 is 1.27 bits per heavy atom. The van der Waals surface area contributed by atoms with Crippen LogP contribution in [0.3, 0.4) is 0 Å². The summed E-state index contributed by atoms with van der Waals surface area (Å²) >= 11 is 1.68. The molecule has 3 rings (SSSR count). The molecule has 6 nitrogen and oxygen atoms in total. The number of aromatic amines is 1. The fourth-order valence-electron chi connectivity index (χ4n) is 2.28. The summed E-state index contributed by atoms with van der Waals surface area (Å²) in [5.41, 5.74) is 1.01. The number of rotatable bonds is 6. The monoisotopic (exact) mass is 320 g/mol. The van der Waals surface area contributed by atoms with Crippen molar-refractivity contribution < 1.29 is 9.47 Å². The Morgan fingerprint density at radius 2 is 2.05 bits per heavy atom. The first-order valence-electron chi connectivity index (χ1n) is 7.35. The van der Waals surface area contributed by atoms with Gasteiger partial charge in [-0.3, -0.25) is 10.00 Å². The van der Waals surface area contributed by atoms with Crippen LogP contribution in [0.4, 0.5) is 0 Å². The van der Waals surface area contributed by atoms with E-state index in [2.05, 4.69) is 20.1 Å². The SMILES string of the molecule is COc1ccc(-c2nc(SCCN3CCOCC3)n[nH]2)cc1. The van der Waals surface area contributed by atoms with Crippen LogP contribution in [0.5, 0.6) is 5.75 Å². The highest BCUT2D eigenvalue weighted by molar-refractivity contribution is 7.99. The minimum Gasteiger partial charge on any atom is -0.497 e. The summed E-state index contributed by atoms with van der Waals surface area (Å²) in [6, 6.07) is 7.79. The Labute approximate surface area is 134 Å². The fraction of sp³-hybridized carbons (Fsp3) is 0.467. The van der Waals surface area contributed by atoms with Crippen molar-refractivity contribution in [3.8, 4) is 17.1 Å². The molecule has 1 aromatic heterocycles. The molecule has 0 atom stereocenters. The Bertz CT molecular complexity index is 581. The second-order valence-electron chi connectivity index (χ2n) is 5.00. The van der Waals surface area contributed by atoms with Crippen molar-refractivity contribution in [2.24, 2.45) is 0 Å². The number of morpholine rings is 1. The largest absolute Gasteiger partial charge is 0.497 e. The molecule has 2 aromatic rings. The highest BCUT2D eigenvalue weighted by Crippen LogP contribution is 2.21. The van der Waals surface area contributed by atoms with Gasteiger partial charge >= 0.3 is 0 Å². The van der Waals surface area contributed by atoms with Gasteiger partial charge in [0.2, 0.25) is 5.16 Å². The lowest BCUT2D eigenvalue weighted by Gasteiger charge is -2.25. The minimum absolute atomic E-state index is 0.788. The molecule has 1 fully saturated rings. The molecule has 1 aliphatic rings. The van der Waals surface area contributed by atoms with Crippen molar-refractivity contribution in [1.29, 1.82) is 0 Å². The van der Waals surface area contributed by atoms with Gasteiger partial charge in [-0.05, 0) is 24.3 Å². The van der Waals surface area contributed by atoms with Crippen LogP contribution in [0.25, 0.3) is 11.4 Å². The summed E-state index contributed by atoms with van der Waals surface area (Å²) in [7, 11) is 1.66. The summed E-state index contributed by atoms with van der Waals surface area (Å²) in [5.74, 6) is 2.61. The second-order valence-corrected chi connectivity index (χ2v) is 6.06. The molecule has 1 aliphatic heterocycles. The zero-order chi connectivity index (χ0) is 15.2. The Morgan fingerprint density at radius 3 is 2.77 bits per heavy atom. The summed E-state index contributed by atoms with van der Waals surface area (Å²) in [6.45, 7) is 4.76. The third-order valence-corrected chi connectivity index (χ3v) is 4.40. The van der Waals surface area contributed by atoms with Gasteiger partial charge in [-0.25, -0.2) is 4.98 Å². The number of hydrogen-bond acceptors (Lipinski definition) is 6. The Balaban J connectivity index is 1.51. The lowest BCUT2D eigenvalue weighted by atomic mass is 10.2. The van der Waals surface area contributed by atoms with Crippen LogP contribution < -0.4 is 4.74 Å². The van der Waals surface area contributed by atoms with Gasteiger partial charge in [-0.2, -0.15) is 0 Å². The molecule has 0 spiro atoms. The van der Waals surface area contributed by atoms with E-state index in [1.165, 1.54) is 0 Å². The van der Waals surface area contributed by atoms with E-state index >= 15 is 0 Å². The fourth-order valence-corrected chi connectivity index (χ4v) is 3.08. The number of benzene rings is 1. The molecular formula is C15H20N4O2S. The number of ether oxygens (including phenoxy) is 2. The van der Waals surface area contributed by atoms with Crippen LogP contribution in [0, 0.1) is 0 Å². The average molecular weight is 320 g/mol. The quantitative estimate of drug-likeness (QED) is 0.820. The number of methoxy groups -OCH3 is 1. The van der Waals surface area contributed by atoms with E-state index in [-0.39, 0.29) is 0 Å². The smallest absolute Gasteiger partial charge is 0.208 e. The highest BCUT2D eigenvalue weighted by atomic mass is 32.2. The van der Waals surface area contributed by atoms with Gasteiger partial charge in [-0.15, -0.1) is 5.10 Å². The number of H-pyrrole nitrogens is 1. The van der Waals surface area contributed by atoms with E-state index in [1.807, 2.05) is 24.3 Å². The summed E-state index contributed by atoms with van der Waals surface area (Å²) in [6.07, 6.45) is 0. The predicted molar refractivity (Wildman–Crippen MR) is 86.4 cm³/mol. The van der Waals surface area contributed by atoms with Crippen molar-refractivity contribution in [3.63, 3.8) is 0 Å². The first-order chi connectivity index (χ1) is 10.8. The van der Waals surface area contributed by atoms with Gasteiger partial charge < -0.3 is 9.47 Å². The highest BCUT2D eigenvalue weighted by Gasteiger charge is 2.11. The maximum Gasteiger partial charge on any atom is 0.208 e. The molecule has 7 heteroatoms. The third-order valence-electron chi connectivity index (χ3n) is 3.57. The van der Waals surface area contributed by atoms with Gasteiger partial charge in [0.05, 0.1) is 20.3 Å². The summed E-state index contributed by atoms with van der Waals surface area (Å²) in [4.78, 5) is 6.94. The van der Waals surface area contributed by atoms with Crippen LogP contribution in [-0.4, -0.2) is 65.8 Å². The summed E-state index contributed by atoms with van der Waals surface area (Å²) < 4.78 is 10.5. The van der Waals surface area contributed by atoms with Gasteiger partial charge in [0, 0.05) is 31.0 Å². The predicted octanol–water partition coefficient (Wildman–Crippen LogP) is 1.90. The van der Waals surface area contributed by atoms with Gasteiger partial charge in [-0.1, -0.05) is 11.8 Å². The standard InChI is InChI=1S/C15H20N4O2S/c1-20-13-4-2-12(3-5-13)14-16-15(18-17-14)22-11-8-19-6-9-21-10-7-19/h2-5H,6-11H2,1H3,(H,16,17,18). The van der Waals surface area contributed by atoms with Crippen molar-refractivity contribution in [2.45, 2.75) is 5.16 Å². The molecule has 0 unspecified atom stereocenters. The molecule has 1 N–H and O–H groups in total. The first-order valence-corrected chi connectivity index (χ1v) is 8.33. The number of hydrogen-bond donors (Lipinski definition) is 1. The van der Waals surface area contributed by atoms with Gasteiger partial charge in [0.15, 0.2) is 5.82 Å². The number of aromatic nitrogens is 3. The maximum atomic E-state index is 5.35. The third kappa shape index (κ3) is 4.00. The van der Waals surface area contributed by atoms with Gasteiger partial charge in [0.1, 0.15) is 5.75 Å². The zero-order valence-corrected chi connectivity index (χ0v) is 13.4. The number of thioether (sulfide) groups is 1. The normalized spacial score (nSPS) is 15.9. The van der Waals surface area contributed by atoms with Crippen LogP contribution in [0.2, 0.25) is 0 Å². The molecule has 0 bridgehead atoms. The van der Waals surface area contributed by atoms with E-state index in [1.54, 1.807) is 18.9 Å². The van der Waals surface area contributed by atoms with Crippen LogP contribution in [0.1, 0.15) is 0 Å². The van der Waals surface area contributed by atoms with Crippen molar-refractivity contribution >= 4 is 11.8 Å².